The fraction of sp³-hybridized carbons (Fsp3) is 1.00. The maximum absolute atomic E-state index is 11.7. The van der Waals surface area contributed by atoms with Crippen LogP contribution in [0.1, 0.15) is 20.3 Å². The second kappa shape index (κ2) is 5.06. The second-order valence-electron chi connectivity index (χ2n) is 3.61. The van der Waals surface area contributed by atoms with Crippen LogP contribution in [-0.4, -0.2) is 44.9 Å². The summed E-state index contributed by atoms with van der Waals surface area (Å²) in [5.74, 6) is 0. The molecular formula is C8H19N3O2S. The number of hydrogen-bond donors (Lipinski definition) is 2. The highest BCUT2D eigenvalue weighted by Gasteiger charge is 2.25. The molecule has 0 saturated carbocycles. The van der Waals surface area contributed by atoms with E-state index < -0.39 is 10.2 Å². The molecule has 1 aliphatic heterocycles. The molecule has 1 unspecified atom stereocenters. The van der Waals surface area contributed by atoms with Gasteiger partial charge in [0.2, 0.25) is 0 Å². The Morgan fingerprint density at radius 3 is 2.86 bits per heavy atom. The van der Waals surface area contributed by atoms with E-state index in [1.165, 1.54) is 4.31 Å². The van der Waals surface area contributed by atoms with Crippen molar-refractivity contribution in [3.05, 3.63) is 0 Å². The summed E-state index contributed by atoms with van der Waals surface area (Å²) in [5.41, 5.74) is 0. The summed E-state index contributed by atoms with van der Waals surface area (Å²) in [6, 6.07) is 0.238. The van der Waals surface area contributed by atoms with Gasteiger partial charge in [0.15, 0.2) is 0 Å². The van der Waals surface area contributed by atoms with Gasteiger partial charge in [0.05, 0.1) is 0 Å². The molecule has 6 heteroatoms. The van der Waals surface area contributed by atoms with Gasteiger partial charge < -0.3 is 5.32 Å². The van der Waals surface area contributed by atoms with Crippen molar-refractivity contribution in [1.29, 1.82) is 0 Å². The van der Waals surface area contributed by atoms with Crippen molar-refractivity contribution in [2.24, 2.45) is 0 Å². The normalized spacial score (nSPS) is 25.1. The Morgan fingerprint density at radius 2 is 2.29 bits per heavy atom. The minimum absolute atomic E-state index is 0.238. The largest absolute Gasteiger partial charge is 0.312 e. The Morgan fingerprint density at radius 1 is 1.57 bits per heavy atom. The van der Waals surface area contributed by atoms with Crippen LogP contribution in [0.5, 0.6) is 0 Å². The molecule has 1 atom stereocenters. The van der Waals surface area contributed by atoms with E-state index in [9.17, 15) is 8.42 Å². The molecule has 5 nitrogen and oxygen atoms in total. The summed E-state index contributed by atoms with van der Waals surface area (Å²) in [4.78, 5) is 0. The van der Waals surface area contributed by atoms with Crippen LogP contribution in [0.15, 0.2) is 0 Å². The molecule has 0 aromatic heterocycles. The van der Waals surface area contributed by atoms with E-state index in [1.807, 2.05) is 13.8 Å². The van der Waals surface area contributed by atoms with Crippen molar-refractivity contribution in [3.8, 4) is 0 Å². The van der Waals surface area contributed by atoms with Crippen LogP contribution in [0.2, 0.25) is 0 Å². The summed E-state index contributed by atoms with van der Waals surface area (Å²) in [6.07, 6.45) is 0.820. The Labute approximate surface area is 86.0 Å². The zero-order valence-electron chi connectivity index (χ0n) is 8.78. The van der Waals surface area contributed by atoms with Crippen LogP contribution >= 0.6 is 0 Å². The molecule has 0 spiro atoms. The lowest BCUT2D eigenvalue weighted by molar-refractivity contribution is 0.306. The zero-order chi connectivity index (χ0) is 10.6. The highest BCUT2D eigenvalue weighted by Crippen LogP contribution is 2.03. The van der Waals surface area contributed by atoms with Gasteiger partial charge in [-0.3, -0.25) is 0 Å². The van der Waals surface area contributed by atoms with Gasteiger partial charge in [-0.15, -0.1) is 0 Å². The van der Waals surface area contributed by atoms with E-state index in [2.05, 4.69) is 10.0 Å². The zero-order valence-corrected chi connectivity index (χ0v) is 9.60. The van der Waals surface area contributed by atoms with E-state index in [0.29, 0.717) is 19.6 Å². The quantitative estimate of drug-likeness (QED) is 0.674. The minimum Gasteiger partial charge on any atom is -0.312 e. The van der Waals surface area contributed by atoms with Crippen LogP contribution < -0.4 is 10.0 Å². The minimum atomic E-state index is -3.24. The lowest BCUT2D eigenvalue weighted by Gasteiger charge is -2.30. The topological polar surface area (TPSA) is 61.4 Å². The first-order valence-corrected chi connectivity index (χ1v) is 6.48. The van der Waals surface area contributed by atoms with Crippen molar-refractivity contribution < 1.29 is 8.42 Å². The smallest absolute Gasteiger partial charge is 0.279 e. The summed E-state index contributed by atoms with van der Waals surface area (Å²) in [7, 11) is -3.24. The van der Waals surface area contributed by atoms with Crippen molar-refractivity contribution in [3.63, 3.8) is 0 Å². The van der Waals surface area contributed by atoms with Gasteiger partial charge in [0, 0.05) is 32.2 Å². The first-order valence-electron chi connectivity index (χ1n) is 5.04. The van der Waals surface area contributed by atoms with Gasteiger partial charge in [-0.2, -0.15) is 12.7 Å². The number of nitrogens with zero attached hydrogens (tertiary/aromatic N) is 1. The molecule has 0 aromatic rings. The van der Waals surface area contributed by atoms with Crippen molar-refractivity contribution >= 4 is 10.2 Å². The van der Waals surface area contributed by atoms with E-state index in [1.54, 1.807) is 0 Å². The third-order valence-electron chi connectivity index (χ3n) is 2.21. The molecule has 0 amide bonds. The molecule has 1 saturated heterocycles. The van der Waals surface area contributed by atoms with Crippen LogP contribution in [-0.2, 0) is 10.2 Å². The number of rotatable bonds is 4. The Kier molecular flexibility index (Phi) is 4.31. The van der Waals surface area contributed by atoms with Crippen molar-refractivity contribution in [1.82, 2.24) is 14.3 Å². The van der Waals surface area contributed by atoms with Crippen LogP contribution in [0.3, 0.4) is 0 Å². The molecule has 1 fully saturated rings. The van der Waals surface area contributed by atoms with Crippen molar-refractivity contribution in [2.45, 2.75) is 26.3 Å². The number of nitrogens with one attached hydrogen (secondary N) is 2. The molecule has 14 heavy (non-hydrogen) atoms. The summed E-state index contributed by atoms with van der Waals surface area (Å²) < 4.78 is 27.4. The van der Waals surface area contributed by atoms with Gasteiger partial charge in [-0.05, 0) is 13.3 Å². The molecule has 1 rings (SSSR count). The molecule has 2 N–H and O–H groups in total. The van der Waals surface area contributed by atoms with Gasteiger partial charge in [0.1, 0.15) is 0 Å². The predicted octanol–water partition coefficient (Wildman–Crippen LogP) is -0.475. The number of piperazine rings is 1. The highest BCUT2D eigenvalue weighted by atomic mass is 32.2. The fourth-order valence-corrected chi connectivity index (χ4v) is 2.83. The Hall–Kier alpha value is -0.170. The first-order chi connectivity index (χ1) is 6.56. The molecule has 0 aliphatic carbocycles. The molecule has 0 bridgehead atoms. The lowest BCUT2D eigenvalue weighted by Crippen LogP contribution is -2.54. The summed E-state index contributed by atoms with van der Waals surface area (Å²) in [5, 5.41) is 3.21. The fourth-order valence-electron chi connectivity index (χ4n) is 1.44. The van der Waals surface area contributed by atoms with E-state index in [0.717, 1.165) is 13.0 Å². The first kappa shape index (κ1) is 11.9. The number of hydrogen-bond acceptors (Lipinski definition) is 3. The highest BCUT2D eigenvalue weighted by molar-refractivity contribution is 7.87. The van der Waals surface area contributed by atoms with E-state index in [-0.39, 0.29) is 6.04 Å². The van der Waals surface area contributed by atoms with Gasteiger partial charge >= 0.3 is 0 Å². The molecule has 1 aliphatic rings. The maximum atomic E-state index is 11.7. The molecule has 0 aromatic carbocycles. The third kappa shape index (κ3) is 3.20. The third-order valence-corrected chi connectivity index (χ3v) is 3.79. The van der Waals surface area contributed by atoms with Gasteiger partial charge in [-0.25, -0.2) is 4.72 Å². The Balaban J connectivity index is 2.53. The monoisotopic (exact) mass is 221 g/mol. The van der Waals surface area contributed by atoms with Gasteiger partial charge in [0.25, 0.3) is 10.2 Å². The van der Waals surface area contributed by atoms with Gasteiger partial charge in [-0.1, -0.05) is 6.92 Å². The van der Waals surface area contributed by atoms with E-state index >= 15 is 0 Å². The summed E-state index contributed by atoms with van der Waals surface area (Å²) >= 11 is 0. The maximum Gasteiger partial charge on any atom is 0.279 e. The van der Waals surface area contributed by atoms with Crippen molar-refractivity contribution in [2.75, 3.05) is 26.2 Å². The molecular weight excluding hydrogens is 202 g/mol. The van der Waals surface area contributed by atoms with Crippen LogP contribution in [0, 0.1) is 0 Å². The van der Waals surface area contributed by atoms with Crippen LogP contribution in [0.25, 0.3) is 0 Å². The lowest BCUT2D eigenvalue weighted by atomic mass is 10.3. The standard InChI is InChI=1S/C8H19N3O2S/c1-3-4-10-14(12,13)11-6-5-9-8(2)7-11/h8-10H,3-7H2,1-2H3. The SMILES string of the molecule is CCCNS(=O)(=O)N1CCNC(C)C1. The molecule has 84 valence electrons. The summed E-state index contributed by atoms with van der Waals surface area (Å²) in [6.45, 7) is 6.29. The second-order valence-corrected chi connectivity index (χ2v) is 5.37. The van der Waals surface area contributed by atoms with E-state index in [4.69, 9.17) is 0 Å². The van der Waals surface area contributed by atoms with Crippen LogP contribution in [0.4, 0.5) is 0 Å². The molecule has 0 radical (unpaired) electrons. The average molecular weight is 221 g/mol. The average Bonchev–Trinajstić information content (AvgIpc) is 2.15. The molecule has 1 heterocycles. The predicted molar refractivity (Wildman–Crippen MR) is 56.3 cm³/mol. The Bertz CT molecular complexity index is 266.